The van der Waals surface area contributed by atoms with Gasteiger partial charge in [-0.25, -0.2) is 13.2 Å². The van der Waals surface area contributed by atoms with Crippen LogP contribution in [-0.2, 0) is 10.0 Å². The molecule has 0 atom stereocenters. The third-order valence-electron chi connectivity index (χ3n) is 3.52. The van der Waals surface area contributed by atoms with Gasteiger partial charge >= 0.3 is 11.0 Å². The van der Waals surface area contributed by atoms with Crippen LogP contribution in [0.15, 0.2) is 57.4 Å². The van der Waals surface area contributed by atoms with Gasteiger partial charge in [0, 0.05) is 18.5 Å². The van der Waals surface area contributed by atoms with Crippen LogP contribution in [0.5, 0.6) is 5.75 Å². The maximum Gasteiger partial charge on any atom is 0.344 e. The second-order valence-corrected chi connectivity index (χ2v) is 9.25. The van der Waals surface area contributed by atoms with E-state index >= 15 is 0 Å². The standard InChI is InChI=1S/C16H12N2O6S3/c1-17(27(22,23)15-3-2-8-25-15)12-4-6-13(7-5-12)24-16(19)11-9-14(18(20)21)26-10-11/h2-10H,1H3. The predicted octanol–water partition coefficient (Wildman–Crippen LogP) is 3.76. The molecule has 0 bridgehead atoms. The van der Waals surface area contributed by atoms with Gasteiger partial charge in [-0.1, -0.05) is 17.4 Å². The van der Waals surface area contributed by atoms with Gasteiger partial charge in [-0.3, -0.25) is 14.4 Å². The number of thiophene rings is 2. The first-order valence-corrected chi connectivity index (χ1v) is 10.6. The molecule has 0 radical (unpaired) electrons. The van der Waals surface area contributed by atoms with E-state index in [2.05, 4.69) is 0 Å². The average Bonchev–Trinajstić information content (AvgIpc) is 3.33. The lowest BCUT2D eigenvalue weighted by atomic mass is 10.3. The summed E-state index contributed by atoms with van der Waals surface area (Å²) in [6.07, 6.45) is 0. The Balaban J connectivity index is 1.73. The number of benzene rings is 1. The lowest BCUT2D eigenvalue weighted by Crippen LogP contribution is -2.25. The molecule has 11 heteroatoms. The Kier molecular flexibility index (Phi) is 5.26. The highest BCUT2D eigenvalue weighted by atomic mass is 32.2. The number of sulfonamides is 1. The van der Waals surface area contributed by atoms with Crippen molar-refractivity contribution in [2.24, 2.45) is 0 Å². The summed E-state index contributed by atoms with van der Waals surface area (Å²) < 4.78 is 31.5. The van der Waals surface area contributed by atoms with Crippen LogP contribution in [0, 0.1) is 10.1 Å². The van der Waals surface area contributed by atoms with Gasteiger partial charge in [-0.05, 0) is 35.7 Å². The van der Waals surface area contributed by atoms with Gasteiger partial charge in [-0.15, -0.1) is 11.3 Å². The van der Waals surface area contributed by atoms with Crippen molar-refractivity contribution >= 4 is 49.4 Å². The van der Waals surface area contributed by atoms with Crippen LogP contribution in [0.25, 0.3) is 0 Å². The summed E-state index contributed by atoms with van der Waals surface area (Å²) in [5.74, 6) is -0.536. The van der Waals surface area contributed by atoms with Crippen molar-refractivity contribution in [3.05, 3.63) is 68.9 Å². The summed E-state index contributed by atoms with van der Waals surface area (Å²) in [5, 5.41) is 13.5. The first-order chi connectivity index (χ1) is 12.8. The van der Waals surface area contributed by atoms with E-state index in [0.717, 1.165) is 33.0 Å². The Hall–Kier alpha value is -2.76. The summed E-state index contributed by atoms with van der Waals surface area (Å²) in [4.78, 5) is 22.1. The van der Waals surface area contributed by atoms with Gasteiger partial charge in [0.15, 0.2) is 0 Å². The molecule has 2 aromatic heterocycles. The van der Waals surface area contributed by atoms with E-state index in [0.29, 0.717) is 5.69 Å². The topological polar surface area (TPSA) is 107 Å². The Morgan fingerprint density at radius 3 is 2.44 bits per heavy atom. The van der Waals surface area contributed by atoms with Crippen molar-refractivity contribution in [2.75, 3.05) is 11.4 Å². The molecule has 0 saturated carbocycles. The van der Waals surface area contributed by atoms with E-state index in [1.165, 1.54) is 42.8 Å². The molecule has 0 unspecified atom stereocenters. The zero-order chi connectivity index (χ0) is 19.6. The Morgan fingerprint density at radius 2 is 1.89 bits per heavy atom. The first-order valence-electron chi connectivity index (χ1n) is 7.36. The highest BCUT2D eigenvalue weighted by molar-refractivity contribution is 7.94. The fraction of sp³-hybridized carbons (Fsp3) is 0.0625. The number of nitro groups is 1. The molecule has 8 nitrogen and oxygen atoms in total. The molecule has 0 fully saturated rings. The molecule has 0 amide bonds. The van der Waals surface area contributed by atoms with E-state index in [1.807, 2.05) is 0 Å². The lowest BCUT2D eigenvalue weighted by molar-refractivity contribution is -0.380. The molecule has 1 aromatic carbocycles. The molecular formula is C16H12N2O6S3. The minimum atomic E-state index is -3.65. The fourth-order valence-electron chi connectivity index (χ4n) is 2.10. The van der Waals surface area contributed by atoms with Crippen LogP contribution in [0.2, 0.25) is 0 Å². The number of hydrogen-bond donors (Lipinski definition) is 0. The lowest BCUT2D eigenvalue weighted by Gasteiger charge is -2.18. The summed E-state index contributed by atoms with van der Waals surface area (Å²) >= 11 is 1.95. The Morgan fingerprint density at radius 1 is 1.19 bits per heavy atom. The van der Waals surface area contributed by atoms with E-state index in [4.69, 9.17) is 4.74 Å². The molecule has 2 heterocycles. The first kappa shape index (κ1) is 19.0. The normalized spacial score (nSPS) is 11.1. The van der Waals surface area contributed by atoms with Crippen molar-refractivity contribution in [1.82, 2.24) is 0 Å². The van der Waals surface area contributed by atoms with Crippen LogP contribution in [0.4, 0.5) is 10.7 Å². The molecule has 3 rings (SSSR count). The number of carbonyl (C=O) groups excluding carboxylic acids is 1. The average molecular weight is 424 g/mol. The summed E-state index contributed by atoms with van der Waals surface area (Å²) in [5.41, 5.74) is 0.475. The van der Waals surface area contributed by atoms with E-state index in [-0.39, 0.29) is 20.5 Å². The van der Waals surface area contributed by atoms with Crippen molar-refractivity contribution in [1.29, 1.82) is 0 Å². The number of esters is 1. The Bertz CT molecular complexity index is 1070. The second kappa shape index (κ2) is 7.47. The van der Waals surface area contributed by atoms with E-state index < -0.39 is 20.9 Å². The molecule has 0 aliphatic rings. The molecule has 0 aliphatic carbocycles. The number of anilines is 1. The number of rotatable bonds is 6. The fourth-order valence-corrected chi connectivity index (χ4v) is 5.15. The smallest absolute Gasteiger partial charge is 0.344 e. The van der Waals surface area contributed by atoms with E-state index in [1.54, 1.807) is 11.4 Å². The minimum absolute atomic E-state index is 0.0770. The van der Waals surface area contributed by atoms with Gasteiger partial charge in [-0.2, -0.15) is 0 Å². The SMILES string of the molecule is CN(c1ccc(OC(=O)c2csc([N+](=O)[O-])c2)cc1)S(=O)(=O)c1cccs1. The van der Waals surface area contributed by atoms with Gasteiger partial charge < -0.3 is 4.74 Å². The second-order valence-electron chi connectivity index (χ2n) is 5.22. The largest absolute Gasteiger partial charge is 0.423 e. The number of ether oxygens (including phenoxy) is 1. The van der Waals surface area contributed by atoms with Gasteiger partial charge in [0.25, 0.3) is 10.0 Å². The zero-order valence-electron chi connectivity index (χ0n) is 13.8. The quantitative estimate of drug-likeness (QED) is 0.258. The molecule has 0 spiro atoms. The summed E-state index contributed by atoms with van der Waals surface area (Å²) in [6.45, 7) is 0. The molecule has 0 aliphatic heterocycles. The van der Waals surface area contributed by atoms with Crippen LogP contribution in [0.1, 0.15) is 10.4 Å². The molecule has 3 aromatic rings. The molecule has 0 N–H and O–H groups in total. The summed E-state index contributed by atoms with van der Waals surface area (Å²) in [6, 6.07) is 10.2. The van der Waals surface area contributed by atoms with Crippen molar-refractivity contribution in [2.45, 2.75) is 4.21 Å². The maximum absolute atomic E-state index is 12.5. The molecule has 27 heavy (non-hydrogen) atoms. The number of carbonyl (C=O) groups is 1. The Labute approximate surface area is 162 Å². The summed E-state index contributed by atoms with van der Waals surface area (Å²) in [7, 11) is -2.22. The van der Waals surface area contributed by atoms with Crippen LogP contribution >= 0.6 is 22.7 Å². The van der Waals surface area contributed by atoms with Crippen LogP contribution in [-0.4, -0.2) is 26.4 Å². The minimum Gasteiger partial charge on any atom is -0.423 e. The molecule has 140 valence electrons. The highest BCUT2D eigenvalue weighted by Gasteiger charge is 2.22. The van der Waals surface area contributed by atoms with E-state index in [9.17, 15) is 23.3 Å². The van der Waals surface area contributed by atoms with Gasteiger partial charge in [0.2, 0.25) is 0 Å². The third-order valence-corrected chi connectivity index (χ3v) is 7.56. The number of nitrogens with zero attached hydrogens (tertiary/aromatic N) is 2. The zero-order valence-corrected chi connectivity index (χ0v) is 16.2. The maximum atomic E-state index is 12.5. The van der Waals surface area contributed by atoms with Gasteiger partial charge in [0.05, 0.1) is 16.2 Å². The third kappa shape index (κ3) is 3.99. The van der Waals surface area contributed by atoms with Crippen molar-refractivity contribution in [3.8, 4) is 5.75 Å². The number of hydrogen-bond acceptors (Lipinski definition) is 8. The highest BCUT2D eigenvalue weighted by Crippen LogP contribution is 2.27. The monoisotopic (exact) mass is 424 g/mol. The van der Waals surface area contributed by atoms with Crippen LogP contribution in [0.3, 0.4) is 0 Å². The van der Waals surface area contributed by atoms with Crippen LogP contribution < -0.4 is 9.04 Å². The molecular weight excluding hydrogens is 412 g/mol. The predicted molar refractivity (Wildman–Crippen MR) is 102 cm³/mol. The van der Waals surface area contributed by atoms with Crippen molar-refractivity contribution in [3.63, 3.8) is 0 Å². The van der Waals surface area contributed by atoms with Crippen molar-refractivity contribution < 1.29 is 22.9 Å². The molecule has 0 saturated heterocycles. The van der Waals surface area contributed by atoms with Gasteiger partial charge in [0.1, 0.15) is 9.96 Å².